The molecule has 0 aromatic heterocycles. The number of carboxylic acid groups (broad SMARTS) is 1. The van der Waals surface area contributed by atoms with Crippen molar-refractivity contribution in [2.24, 2.45) is 0 Å². The lowest BCUT2D eigenvalue weighted by Gasteiger charge is -2.17. The van der Waals surface area contributed by atoms with Crippen molar-refractivity contribution < 1.29 is 19.5 Å². The highest BCUT2D eigenvalue weighted by Gasteiger charge is 2.39. The first-order valence-corrected chi connectivity index (χ1v) is 5.91. The quantitative estimate of drug-likeness (QED) is 0.830. The minimum atomic E-state index is -1.15. The second-order valence-electron chi connectivity index (χ2n) is 4.24. The van der Waals surface area contributed by atoms with Crippen molar-refractivity contribution in [3.05, 3.63) is 42.0 Å². The Morgan fingerprint density at radius 3 is 2.58 bits per heavy atom. The third-order valence-electron chi connectivity index (χ3n) is 2.95. The predicted molar refractivity (Wildman–Crippen MR) is 68.0 cm³/mol. The molecule has 0 spiro atoms. The van der Waals surface area contributed by atoms with Crippen molar-refractivity contribution in [1.82, 2.24) is 4.90 Å². The zero-order chi connectivity index (χ0) is 13.8. The number of hydrogen-bond donors (Lipinski definition) is 1. The van der Waals surface area contributed by atoms with Crippen molar-refractivity contribution in [3.63, 3.8) is 0 Å². The zero-order valence-electron chi connectivity index (χ0n) is 10.2. The molecule has 1 atom stereocenters. The van der Waals surface area contributed by atoms with Crippen LogP contribution in [0.4, 0.5) is 0 Å². The third-order valence-corrected chi connectivity index (χ3v) is 2.95. The molecule has 1 aliphatic rings. The average Bonchev–Trinajstić information content (AvgIpc) is 2.79. The topological polar surface area (TPSA) is 74.7 Å². The van der Waals surface area contributed by atoms with Crippen LogP contribution < -0.4 is 0 Å². The summed E-state index contributed by atoms with van der Waals surface area (Å²) in [7, 11) is 0. The lowest BCUT2D eigenvalue weighted by molar-refractivity contribution is -0.152. The maximum Gasteiger partial charge on any atom is 0.326 e. The molecule has 0 radical (unpaired) electrons. The van der Waals surface area contributed by atoms with Gasteiger partial charge in [0.25, 0.3) is 5.91 Å². The van der Waals surface area contributed by atoms with Gasteiger partial charge in [0, 0.05) is 12.5 Å². The van der Waals surface area contributed by atoms with Crippen molar-refractivity contribution >= 4 is 23.9 Å². The maximum atomic E-state index is 11.9. The number of carboxylic acids is 1. The van der Waals surface area contributed by atoms with Gasteiger partial charge in [-0.3, -0.25) is 14.5 Å². The van der Waals surface area contributed by atoms with E-state index in [9.17, 15) is 14.4 Å². The first-order valence-electron chi connectivity index (χ1n) is 5.91. The number of nitrogens with zero attached hydrogens (tertiary/aromatic N) is 1. The van der Waals surface area contributed by atoms with E-state index < -0.39 is 23.8 Å². The summed E-state index contributed by atoms with van der Waals surface area (Å²) in [6.07, 6.45) is 3.07. The first kappa shape index (κ1) is 13.0. The molecule has 5 nitrogen and oxygen atoms in total. The number of rotatable bonds is 3. The predicted octanol–water partition coefficient (Wildman–Crippen LogP) is 1.30. The van der Waals surface area contributed by atoms with Crippen LogP contribution in [0.1, 0.15) is 18.4 Å². The van der Waals surface area contributed by atoms with Crippen LogP contribution in [0.5, 0.6) is 0 Å². The molecule has 1 saturated heterocycles. The van der Waals surface area contributed by atoms with Gasteiger partial charge < -0.3 is 5.11 Å². The highest BCUT2D eigenvalue weighted by atomic mass is 16.4. The molecule has 1 fully saturated rings. The van der Waals surface area contributed by atoms with Crippen molar-refractivity contribution in [1.29, 1.82) is 0 Å². The molecule has 1 aliphatic heterocycles. The van der Waals surface area contributed by atoms with E-state index in [-0.39, 0.29) is 12.8 Å². The van der Waals surface area contributed by atoms with Crippen molar-refractivity contribution in [2.75, 3.05) is 0 Å². The van der Waals surface area contributed by atoms with Crippen molar-refractivity contribution in [2.45, 2.75) is 18.9 Å². The standard InChI is InChI=1S/C14H13NO4/c16-12(8-6-10-4-2-1-3-5-10)15-11(14(18)19)7-9-13(15)17/h1-6,8,11H,7,9H2,(H,18,19). The molecule has 1 aromatic carbocycles. The van der Waals surface area contributed by atoms with E-state index in [4.69, 9.17) is 5.11 Å². The number of imide groups is 1. The van der Waals surface area contributed by atoms with Crippen LogP contribution in [-0.4, -0.2) is 33.8 Å². The van der Waals surface area contributed by atoms with Gasteiger partial charge in [-0.1, -0.05) is 30.3 Å². The first-order chi connectivity index (χ1) is 9.09. The highest BCUT2D eigenvalue weighted by molar-refractivity contribution is 6.07. The van der Waals surface area contributed by atoms with Crippen LogP contribution in [0, 0.1) is 0 Å². The lowest BCUT2D eigenvalue weighted by Crippen LogP contribution is -2.42. The third kappa shape index (κ3) is 2.88. The number of amides is 2. The van der Waals surface area contributed by atoms with E-state index in [2.05, 4.69) is 0 Å². The van der Waals surface area contributed by atoms with E-state index >= 15 is 0 Å². The van der Waals surface area contributed by atoms with Crippen LogP contribution in [0.3, 0.4) is 0 Å². The molecule has 2 rings (SSSR count). The summed E-state index contributed by atoms with van der Waals surface area (Å²) in [5.74, 6) is -2.17. The van der Waals surface area contributed by atoms with Crippen LogP contribution in [0.25, 0.3) is 6.08 Å². The molecular weight excluding hydrogens is 246 g/mol. The van der Waals surface area contributed by atoms with Gasteiger partial charge in [0.15, 0.2) is 0 Å². The Morgan fingerprint density at radius 1 is 1.26 bits per heavy atom. The molecular formula is C14H13NO4. The molecule has 19 heavy (non-hydrogen) atoms. The Labute approximate surface area is 110 Å². The number of carbonyl (C=O) groups excluding carboxylic acids is 2. The SMILES string of the molecule is O=C(O)C1CCC(=O)N1C(=O)C=Cc1ccccc1. The Morgan fingerprint density at radius 2 is 1.95 bits per heavy atom. The lowest BCUT2D eigenvalue weighted by atomic mass is 10.2. The Balaban J connectivity index is 2.13. The molecule has 5 heteroatoms. The fourth-order valence-corrected chi connectivity index (χ4v) is 2.01. The number of aliphatic carboxylic acids is 1. The summed E-state index contributed by atoms with van der Waals surface area (Å²) in [6.45, 7) is 0. The van der Waals surface area contributed by atoms with Gasteiger partial charge in [0.2, 0.25) is 5.91 Å². The smallest absolute Gasteiger partial charge is 0.326 e. The highest BCUT2D eigenvalue weighted by Crippen LogP contribution is 2.19. The molecule has 0 saturated carbocycles. The second-order valence-corrected chi connectivity index (χ2v) is 4.24. The minimum Gasteiger partial charge on any atom is -0.480 e. The summed E-state index contributed by atoms with van der Waals surface area (Å²) in [4.78, 5) is 35.2. The van der Waals surface area contributed by atoms with Gasteiger partial charge in [-0.25, -0.2) is 4.79 Å². The fraction of sp³-hybridized carbons (Fsp3) is 0.214. The Hall–Kier alpha value is -2.43. The molecule has 98 valence electrons. The van der Waals surface area contributed by atoms with Gasteiger partial charge in [-0.05, 0) is 18.1 Å². The fourth-order valence-electron chi connectivity index (χ4n) is 2.01. The molecule has 2 amide bonds. The number of likely N-dealkylation sites (tertiary alicyclic amines) is 1. The largest absolute Gasteiger partial charge is 0.480 e. The monoisotopic (exact) mass is 259 g/mol. The maximum absolute atomic E-state index is 11.9. The molecule has 1 aromatic rings. The van der Waals surface area contributed by atoms with Gasteiger partial charge in [-0.15, -0.1) is 0 Å². The molecule has 1 unspecified atom stereocenters. The van der Waals surface area contributed by atoms with E-state index in [1.165, 1.54) is 6.08 Å². The Kier molecular flexibility index (Phi) is 3.75. The second kappa shape index (κ2) is 5.48. The normalized spacial score (nSPS) is 19.1. The van der Waals surface area contributed by atoms with Crippen molar-refractivity contribution in [3.8, 4) is 0 Å². The van der Waals surface area contributed by atoms with E-state index in [0.29, 0.717) is 0 Å². The van der Waals surface area contributed by atoms with Gasteiger partial charge in [0.1, 0.15) is 6.04 Å². The minimum absolute atomic E-state index is 0.0991. The van der Waals surface area contributed by atoms with E-state index in [0.717, 1.165) is 10.5 Å². The molecule has 0 bridgehead atoms. The summed E-state index contributed by atoms with van der Waals surface area (Å²) < 4.78 is 0. The summed E-state index contributed by atoms with van der Waals surface area (Å²) in [5.41, 5.74) is 0.814. The van der Waals surface area contributed by atoms with Crippen LogP contribution >= 0.6 is 0 Å². The number of hydrogen-bond acceptors (Lipinski definition) is 3. The summed E-state index contributed by atoms with van der Waals surface area (Å²) in [6, 6.07) is 8.08. The molecule has 1 heterocycles. The van der Waals surface area contributed by atoms with Crippen LogP contribution in [0.15, 0.2) is 36.4 Å². The number of benzene rings is 1. The van der Waals surface area contributed by atoms with Crippen LogP contribution in [-0.2, 0) is 14.4 Å². The van der Waals surface area contributed by atoms with Gasteiger partial charge >= 0.3 is 5.97 Å². The van der Waals surface area contributed by atoms with Crippen LogP contribution in [0.2, 0.25) is 0 Å². The summed E-state index contributed by atoms with van der Waals surface area (Å²) >= 11 is 0. The molecule has 1 N–H and O–H groups in total. The zero-order valence-corrected chi connectivity index (χ0v) is 10.2. The summed E-state index contributed by atoms with van der Waals surface area (Å²) in [5, 5.41) is 8.97. The Bertz CT molecular complexity index is 536. The average molecular weight is 259 g/mol. The van der Waals surface area contributed by atoms with E-state index in [1.54, 1.807) is 6.08 Å². The number of carbonyl (C=O) groups is 3. The van der Waals surface area contributed by atoms with E-state index in [1.807, 2.05) is 30.3 Å². The van der Waals surface area contributed by atoms with Gasteiger partial charge in [-0.2, -0.15) is 0 Å². The molecule has 0 aliphatic carbocycles. The van der Waals surface area contributed by atoms with Gasteiger partial charge in [0.05, 0.1) is 0 Å².